The second kappa shape index (κ2) is 6.35. The molecule has 23 heavy (non-hydrogen) atoms. The van der Waals surface area contributed by atoms with E-state index in [9.17, 15) is 4.79 Å². The van der Waals surface area contributed by atoms with Gasteiger partial charge in [-0.2, -0.15) is 0 Å². The molecule has 0 saturated carbocycles. The highest BCUT2D eigenvalue weighted by atomic mass is 16.5. The number of ether oxygens (including phenoxy) is 1. The SMILES string of the molecule is CC1CN(C(=O)Nc2cccnc2N2CCOCC2)C(C)(C)C1. The summed E-state index contributed by atoms with van der Waals surface area (Å²) in [6.45, 7) is 10.2. The minimum Gasteiger partial charge on any atom is -0.378 e. The third-order valence-corrected chi connectivity index (χ3v) is 4.66. The van der Waals surface area contributed by atoms with Crippen molar-refractivity contribution in [3.8, 4) is 0 Å². The number of anilines is 2. The van der Waals surface area contributed by atoms with Gasteiger partial charge in [0.15, 0.2) is 5.82 Å². The molecule has 126 valence electrons. The van der Waals surface area contributed by atoms with E-state index in [-0.39, 0.29) is 11.6 Å². The van der Waals surface area contributed by atoms with Crippen LogP contribution in [0.2, 0.25) is 0 Å². The lowest BCUT2D eigenvalue weighted by Crippen LogP contribution is -2.45. The molecule has 1 aromatic heterocycles. The van der Waals surface area contributed by atoms with Gasteiger partial charge in [-0.25, -0.2) is 9.78 Å². The molecule has 3 rings (SSSR count). The molecule has 1 unspecified atom stereocenters. The van der Waals surface area contributed by atoms with E-state index >= 15 is 0 Å². The van der Waals surface area contributed by atoms with Gasteiger partial charge < -0.3 is 19.9 Å². The summed E-state index contributed by atoms with van der Waals surface area (Å²) in [6, 6.07) is 3.74. The van der Waals surface area contributed by atoms with Gasteiger partial charge in [0.2, 0.25) is 0 Å². The zero-order valence-corrected chi connectivity index (χ0v) is 14.2. The molecule has 0 bridgehead atoms. The van der Waals surface area contributed by atoms with Crippen LogP contribution < -0.4 is 10.2 Å². The Morgan fingerprint density at radius 2 is 2.13 bits per heavy atom. The minimum absolute atomic E-state index is 0.0399. The van der Waals surface area contributed by atoms with Crippen molar-refractivity contribution in [3.05, 3.63) is 18.3 Å². The van der Waals surface area contributed by atoms with Gasteiger partial charge in [-0.05, 0) is 38.3 Å². The molecule has 2 saturated heterocycles. The number of carbonyl (C=O) groups is 1. The highest BCUT2D eigenvalue weighted by Crippen LogP contribution is 2.33. The Hall–Kier alpha value is -1.82. The van der Waals surface area contributed by atoms with Crippen LogP contribution in [-0.4, -0.2) is 54.3 Å². The van der Waals surface area contributed by atoms with Gasteiger partial charge in [0.1, 0.15) is 0 Å². The largest absolute Gasteiger partial charge is 0.378 e. The molecular weight excluding hydrogens is 292 g/mol. The molecule has 0 radical (unpaired) electrons. The molecule has 3 heterocycles. The van der Waals surface area contributed by atoms with Crippen molar-refractivity contribution in [1.82, 2.24) is 9.88 Å². The van der Waals surface area contributed by atoms with Crippen molar-refractivity contribution >= 4 is 17.5 Å². The summed E-state index contributed by atoms with van der Waals surface area (Å²) in [5, 5.41) is 3.07. The van der Waals surface area contributed by atoms with Crippen LogP contribution in [0.1, 0.15) is 27.2 Å². The van der Waals surface area contributed by atoms with Gasteiger partial charge in [-0.1, -0.05) is 6.92 Å². The van der Waals surface area contributed by atoms with Gasteiger partial charge in [-0.3, -0.25) is 0 Å². The molecule has 2 aliphatic rings. The first-order valence-corrected chi connectivity index (χ1v) is 8.34. The molecule has 1 N–H and O–H groups in total. The summed E-state index contributed by atoms with van der Waals surface area (Å²) in [5.41, 5.74) is 0.667. The number of hydrogen-bond acceptors (Lipinski definition) is 4. The van der Waals surface area contributed by atoms with E-state index in [4.69, 9.17) is 4.74 Å². The Bertz CT molecular complexity index is 569. The maximum absolute atomic E-state index is 12.8. The number of hydrogen-bond donors (Lipinski definition) is 1. The monoisotopic (exact) mass is 318 g/mol. The fourth-order valence-electron chi connectivity index (χ4n) is 3.65. The number of amides is 2. The molecule has 2 aliphatic heterocycles. The van der Waals surface area contributed by atoms with Crippen LogP contribution in [0.5, 0.6) is 0 Å². The maximum Gasteiger partial charge on any atom is 0.322 e. The van der Waals surface area contributed by atoms with E-state index in [0.29, 0.717) is 19.1 Å². The van der Waals surface area contributed by atoms with Crippen molar-refractivity contribution in [3.63, 3.8) is 0 Å². The maximum atomic E-state index is 12.8. The zero-order valence-electron chi connectivity index (χ0n) is 14.2. The molecule has 1 aromatic rings. The highest BCUT2D eigenvalue weighted by Gasteiger charge is 2.39. The van der Waals surface area contributed by atoms with Crippen LogP contribution >= 0.6 is 0 Å². The fourth-order valence-corrected chi connectivity index (χ4v) is 3.65. The van der Waals surface area contributed by atoms with Crippen molar-refractivity contribution in [2.24, 2.45) is 5.92 Å². The first kappa shape index (κ1) is 16.1. The summed E-state index contributed by atoms with van der Waals surface area (Å²) in [5.74, 6) is 1.36. The van der Waals surface area contributed by atoms with Crippen molar-refractivity contribution in [2.75, 3.05) is 43.1 Å². The number of pyridine rings is 1. The van der Waals surface area contributed by atoms with Crippen LogP contribution in [-0.2, 0) is 4.74 Å². The van der Waals surface area contributed by atoms with Crippen LogP contribution in [0.15, 0.2) is 18.3 Å². The normalized spacial score (nSPS) is 23.9. The standard InChI is InChI=1S/C17H26N4O2/c1-13-11-17(2,3)21(12-13)16(22)19-14-5-4-6-18-15(14)20-7-9-23-10-8-20/h4-6,13H,7-12H2,1-3H3,(H,19,22). The first-order valence-electron chi connectivity index (χ1n) is 8.34. The average molecular weight is 318 g/mol. The quantitative estimate of drug-likeness (QED) is 0.910. The minimum atomic E-state index is -0.106. The number of likely N-dealkylation sites (tertiary alicyclic amines) is 1. The molecule has 2 fully saturated rings. The van der Waals surface area contributed by atoms with E-state index in [2.05, 4.69) is 36.0 Å². The van der Waals surface area contributed by atoms with E-state index in [0.717, 1.165) is 37.6 Å². The highest BCUT2D eigenvalue weighted by molar-refractivity contribution is 5.93. The zero-order chi connectivity index (χ0) is 16.4. The number of rotatable bonds is 2. The molecule has 6 nitrogen and oxygen atoms in total. The molecule has 6 heteroatoms. The molecule has 0 aromatic carbocycles. The number of morpholine rings is 1. The Labute approximate surface area is 137 Å². The number of carbonyl (C=O) groups excluding carboxylic acids is 1. The lowest BCUT2D eigenvalue weighted by atomic mass is 9.98. The number of nitrogens with one attached hydrogen (secondary N) is 1. The van der Waals surface area contributed by atoms with Gasteiger partial charge in [0.05, 0.1) is 18.9 Å². The second-order valence-corrected chi connectivity index (χ2v) is 7.14. The van der Waals surface area contributed by atoms with E-state index in [1.54, 1.807) is 6.20 Å². The Balaban J connectivity index is 1.76. The third kappa shape index (κ3) is 3.42. The summed E-state index contributed by atoms with van der Waals surface area (Å²) in [7, 11) is 0. The molecule has 1 atom stereocenters. The van der Waals surface area contributed by atoms with Gasteiger partial charge >= 0.3 is 6.03 Å². The third-order valence-electron chi connectivity index (χ3n) is 4.66. The molecule has 0 aliphatic carbocycles. The summed E-state index contributed by atoms with van der Waals surface area (Å²) >= 11 is 0. The predicted octanol–water partition coefficient (Wildman–Crippen LogP) is 2.57. The van der Waals surface area contributed by atoms with Crippen LogP contribution in [0.4, 0.5) is 16.3 Å². The summed E-state index contributed by atoms with van der Waals surface area (Å²) < 4.78 is 5.40. The lowest BCUT2D eigenvalue weighted by molar-refractivity contribution is 0.122. The van der Waals surface area contributed by atoms with Crippen LogP contribution in [0, 0.1) is 5.92 Å². The van der Waals surface area contributed by atoms with Crippen LogP contribution in [0.3, 0.4) is 0 Å². The van der Waals surface area contributed by atoms with Gasteiger partial charge in [-0.15, -0.1) is 0 Å². The van der Waals surface area contributed by atoms with E-state index in [1.807, 2.05) is 17.0 Å². The Kier molecular flexibility index (Phi) is 4.43. The average Bonchev–Trinajstić information content (AvgIpc) is 2.81. The Morgan fingerprint density at radius 3 is 2.78 bits per heavy atom. The van der Waals surface area contributed by atoms with E-state index < -0.39 is 0 Å². The molecule has 0 spiro atoms. The van der Waals surface area contributed by atoms with Crippen LogP contribution in [0.25, 0.3) is 0 Å². The van der Waals surface area contributed by atoms with Crippen molar-refractivity contribution in [2.45, 2.75) is 32.7 Å². The van der Waals surface area contributed by atoms with E-state index in [1.165, 1.54) is 0 Å². The van der Waals surface area contributed by atoms with Crippen molar-refractivity contribution in [1.29, 1.82) is 0 Å². The summed E-state index contributed by atoms with van der Waals surface area (Å²) in [6.07, 6.45) is 2.80. The number of nitrogens with zero attached hydrogens (tertiary/aromatic N) is 3. The topological polar surface area (TPSA) is 57.7 Å². The summed E-state index contributed by atoms with van der Waals surface area (Å²) in [4.78, 5) is 21.3. The van der Waals surface area contributed by atoms with Gasteiger partial charge in [0, 0.05) is 31.4 Å². The molecule has 2 amide bonds. The number of urea groups is 1. The second-order valence-electron chi connectivity index (χ2n) is 7.14. The molecular formula is C17H26N4O2. The van der Waals surface area contributed by atoms with Gasteiger partial charge in [0.25, 0.3) is 0 Å². The number of aromatic nitrogens is 1. The Morgan fingerprint density at radius 1 is 1.39 bits per heavy atom. The lowest BCUT2D eigenvalue weighted by Gasteiger charge is -2.33. The van der Waals surface area contributed by atoms with Crippen molar-refractivity contribution < 1.29 is 9.53 Å². The predicted molar refractivity (Wildman–Crippen MR) is 90.9 cm³/mol. The first-order chi connectivity index (χ1) is 11.0. The fraction of sp³-hybridized carbons (Fsp3) is 0.647. The smallest absolute Gasteiger partial charge is 0.322 e.